The average molecular weight is 693 g/mol. The minimum atomic E-state index is -0.328. The molecule has 52 heavy (non-hydrogen) atoms. The number of fused-ring (bicyclic) bond motifs is 2. The molecule has 0 aliphatic carbocycles. The Morgan fingerprint density at radius 2 is 0.923 bits per heavy atom. The number of imide groups is 2. The molecule has 0 bridgehead atoms. The van der Waals surface area contributed by atoms with Gasteiger partial charge in [0.05, 0.1) is 0 Å². The molecule has 0 fully saturated rings. The van der Waals surface area contributed by atoms with E-state index in [-0.39, 0.29) is 42.0 Å². The van der Waals surface area contributed by atoms with Crippen LogP contribution in [-0.2, 0) is 6.42 Å². The van der Waals surface area contributed by atoms with Gasteiger partial charge < -0.3 is 5.11 Å². The van der Waals surface area contributed by atoms with E-state index in [9.17, 15) is 24.3 Å². The summed E-state index contributed by atoms with van der Waals surface area (Å²) in [5.74, 6) is -0.911. The molecule has 2 aliphatic heterocycles. The number of hydrogen-bond acceptors (Lipinski definition) is 5. The minimum Gasteiger partial charge on any atom is -0.508 e. The van der Waals surface area contributed by atoms with E-state index < -0.39 is 0 Å². The zero-order valence-electron chi connectivity index (χ0n) is 30.0. The van der Waals surface area contributed by atoms with Gasteiger partial charge in [-0.3, -0.25) is 29.0 Å². The van der Waals surface area contributed by atoms with Gasteiger partial charge in [-0.15, -0.1) is 0 Å². The second-order valence-corrected chi connectivity index (χ2v) is 14.7. The fourth-order valence-corrected chi connectivity index (χ4v) is 8.79. The lowest BCUT2D eigenvalue weighted by Gasteiger charge is -2.35. The summed E-state index contributed by atoms with van der Waals surface area (Å²) in [5, 5.41) is 16.3. The number of hydrogen-bond donors (Lipinski definition) is 1. The van der Waals surface area contributed by atoms with Crippen LogP contribution in [-0.4, -0.2) is 51.1 Å². The molecule has 0 atom stereocenters. The smallest absolute Gasteiger partial charge is 0.261 e. The van der Waals surface area contributed by atoms with Crippen molar-refractivity contribution in [3.05, 3.63) is 101 Å². The molecule has 0 saturated heterocycles. The largest absolute Gasteiger partial charge is 0.508 e. The molecule has 6 aromatic rings. The van der Waals surface area contributed by atoms with Crippen molar-refractivity contribution < 1.29 is 24.3 Å². The summed E-state index contributed by atoms with van der Waals surface area (Å²) in [6.07, 6.45) is 10.9. The maximum atomic E-state index is 14.4. The Kier molecular flexibility index (Phi) is 8.90. The van der Waals surface area contributed by atoms with Crippen LogP contribution in [0.25, 0.3) is 43.1 Å². The van der Waals surface area contributed by atoms with Crippen LogP contribution in [0.15, 0.2) is 72.8 Å². The predicted octanol–water partition coefficient (Wildman–Crippen LogP) is 10.2. The van der Waals surface area contributed by atoms with Gasteiger partial charge >= 0.3 is 0 Å². The number of unbranched alkanes of at least 4 members (excludes halogenated alkanes) is 6. The molecule has 0 unspecified atom stereocenters. The monoisotopic (exact) mass is 692 g/mol. The summed E-state index contributed by atoms with van der Waals surface area (Å²) < 4.78 is 0. The third-order valence-electron chi connectivity index (χ3n) is 11.5. The number of amides is 4. The first-order valence-electron chi connectivity index (χ1n) is 19.1. The highest BCUT2D eigenvalue weighted by Crippen LogP contribution is 2.46. The van der Waals surface area contributed by atoms with Gasteiger partial charge in [0.1, 0.15) is 5.75 Å². The van der Waals surface area contributed by atoms with Crippen molar-refractivity contribution in [2.45, 2.75) is 90.5 Å². The van der Waals surface area contributed by atoms with Crippen molar-refractivity contribution in [3.63, 3.8) is 0 Å². The Morgan fingerprint density at radius 1 is 0.500 bits per heavy atom. The standard InChI is InChI=1S/C45H44N2O5/c1-3-5-7-9-11-28(12-10-8-6-4-2)47-44(51)36-23-19-32-30-17-21-34-40-35(43(50)46(42(34)49)26-25-27-13-15-29(48)16-14-27)22-18-31(38(30)40)33-20-24-37(45(47)52)41(36)39(32)33/h13-24,28,48H,3-12,25-26H2,1-2H3. The highest BCUT2D eigenvalue weighted by molar-refractivity contribution is 6.41. The Balaban J connectivity index is 1.20. The molecule has 2 aliphatic rings. The average Bonchev–Trinajstić information content (AvgIpc) is 3.16. The van der Waals surface area contributed by atoms with Crippen molar-refractivity contribution in [3.8, 4) is 5.75 Å². The highest BCUT2D eigenvalue weighted by atomic mass is 16.3. The third-order valence-corrected chi connectivity index (χ3v) is 11.5. The number of nitrogens with zero attached hydrogens (tertiary/aromatic N) is 2. The van der Waals surface area contributed by atoms with Crippen molar-refractivity contribution in [2.24, 2.45) is 0 Å². The van der Waals surface area contributed by atoms with Crippen molar-refractivity contribution >= 4 is 66.7 Å². The van der Waals surface area contributed by atoms with Crippen LogP contribution in [0.2, 0.25) is 0 Å². The molecule has 0 spiro atoms. The van der Waals surface area contributed by atoms with Gasteiger partial charge in [0.15, 0.2) is 0 Å². The quantitative estimate of drug-likeness (QED) is 0.0531. The summed E-state index contributed by atoms with van der Waals surface area (Å²) in [7, 11) is 0. The van der Waals surface area contributed by atoms with Crippen LogP contribution in [0, 0.1) is 0 Å². The van der Waals surface area contributed by atoms with Gasteiger partial charge in [-0.2, -0.15) is 0 Å². The number of phenolic OH excluding ortho intramolecular Hbond substituents is 1. The Bertz CT molecular complexity index is 2260. The normalized spacial score (nSPS) is 14.4. The Hall–Kier alpha value is -5.30. The molecule has 7 nitrogen and oxygen atoms in total. The van der Waals surface area contributed by atoms with Crippen LogP contribution in [0.1, 0.15) is 125 Å². The van der Waals surface area contributed by atoms with E-state index in [1.54, 1.807) is 29.2 Å². The summed E-state index contributed by atoms with van der Waals surface area (Å²) in [5.41, 5.74) is 3.01. The molecule has 0 aromatic heterocycles. The maximum absolute atomic E-state index is 14.4. The zero-order chi connectivity index (χ0) is 36.1. The van der Waals surface area contributed by atoms with Gasteiger partial charge in [-0.1, -0.05) is 102 Å². The van der Waals surface area contributed by atoms with E-state index in [1.807, 2.05) is 48.5 Å². The number of carbonyl (C=O) groups is 4. The second kappa shape index (κ2) is 13.7. The van der Waals surface area contributed by atoms with E-state index in [0.29, 0.717) is 39.4 Å². The van der Waals surface area contributed by atoms with E-state index in [2.05, 4.69) is 13.8 Å². The first-order chi connectivity index (χ1) is 25.3. The first kappa shape index (κ1) is 33.8. The molecule has 4 amide bonds. The fraction of sp³-hybridized carbons (Fsp3) is 0.333. The second-order valence-electron chi connectivity index (χ2n) is 14.7. The molecule has 264 valence electrons. The molecular formula is C45H44N2O5. The van der Waals surface area contributed by atoms with Crippen LogP contribution < -0.4 is 0 Å². The van der Waals surface area contributed by atoms with Crippen LogP contribution in [0.4, 0.5) is 0 Å². The van der Waals surface area contributed by atoms with Crippen LogP contribution >= 0.6 is 0 Å². The fourth-order valence-electron chi connectivity index (χ4n) is 8.79. The Morgan fingerprint density at radius 3 is 1.35 bits per heavy atom. The predicted molar refractivity (Wildman–Crippen MR) is 207 cm³/mol. The molecule has 7 heteroatoms. The van der Waals surface area contributed by atoms with Crippen molar-refractivity contribution in [2.75, 3.05) is 6.54 Å². The number of rotatable bonds is 14. The van der Waals surface area contributed by atoms with Crippen molar-refractivity contribution in [1.29, 1.82) is 0 Å². The molecule has 0 radical (unpaired) electrons. The lowest BCUT2D eigenvalue weighted by molar-refractivity contribution is 0.0514. The van der Waals surface area contributed by atoms with Crippen LogP contribution in [0.5, 0.6) is 5.75 Å². The topological polar surface area (TPSA) is 95.0 Å². The summed E-state index contributed by atoms with van der Waals surface area (Å²) in [4.78, 5) is 59.6. The Labute approximate surface area is 303 Å². The zero-order valence-corrected chi connectivity index (χ0v) is 30.0. The van der Waals surface area contributed by atoms with E-state index in [0.717, 1.165) is 102 Å². The number of phenols is 1. The van der Waals surface area contributed by atoms with Crippen LogP contribution in [0.3, 0.4) is 0 Å². The summed E-state index contributed by atoms with van der Waals surface area (Å²) in [6.45, 7) is 4.60. The van der Waals surface area contributed by atoms with Gasteiger partial charge in [-0.25, -0.2) is 0 Å². The number of aromatic hydroxyl groups is 1. The third kappa shape index (κ3) is 5.40. The summed E-state index contributed by atoms with van der Waals surface area (Å²) >= 11 is 0. The maximum Gasteiger partial charge on any atom is 0.261 e. The van der Waals surface area contributed by atoms with Gasteiger partial charge in [0.2, 0.25) is 0 Å². The lowest BCUT2D eigenvalue weighted by Crippen LogP contribution is -2.47. The number of carbonyl (C=O) groups excluding carboxylic acids is 4. The highest BCUT2D eigenvalue weighted by Gasteiger charge is 2.39. The molecule has 1 N–H and O–H groups in total. The van der Waals surface area contributed by atoms with Gasteiger partial charge in [0.25, 0.3) is 23.6 Å². The van der Waals surface area contributed by atoms with E-state index in [1.165, 1.54) is 4.90 Å². The number of benzene rings is 6. The van der Waals surface area contributed by atoms with E-state index >= 15 is 0 Å². The lowest BCUT2D eigenvalue weighted by atomic mass is 9.82. The van der Waals surface area contributed by atoms with Gasteiger partial charge in [0, 0.05) is 45.6 Å². The molecular weight excluding hydrogens is 649 g/mol. The van der Waals surface area contributed by atoms with Gasteiger partial charge in [-0.05, 0) is 93.5 Å². The molecule has 2 heterocycles. The first-order valence-corrected chi connectivity index (χ1v) is 19.1. The minimum absolute atomic E-state index is 0.128. The summed E-state index contributed by atoms with van der Waals surface area (Å²) in [6, 6.07) is 21.9. The molecule has 8 rings (SSSR count). The molecule has 6 aromatic carbocycles. The SMILES string of the molecule is CCCCCCC(CCCCCC)N1C(=O)c2ccc3c4ccc5c6c(ccc(c7ccc(c2c37)C1=O)c64)C(=O)N(CCc1ccc(O)cc1)C5=O. The van der Waals surface area contributed by atoms with Crippen molar-refractivity contribution in [1.82, 2.24) is 9.80 Å². The van der Waals surface area contributed by atoms with E-state index in [4.69, 9.17) is 0 Å². The molecule has 0 saturated carbocycles.